The van der Waals surface area contributed by atoms with E-state index in [2.05, 4.69) is 59.2 Å². The molecule has 0 unspecified atom stereocenters. The second kappa shape index (κ2) is 7.24. The Hall–Kier alpha value is -2.66. The van der Waals surface area contributed by atoms with E-state index in [4.69, 9.17) is 0 Å². The first-order valence-electron chi connectivity index (χ1n) is 11.0. The fourth-order valence-electron chi connectivity index (χ4n) is 6.01. The molecule has 2 aromatic rings. The first kappa shape index (κ1) is 19.3. The van der Waals surface area contributed by atoms with Crippen molar-refractivity contribution in [2.24, 2.45) is 11.8 Å². The number of rotatable bonds is 3. The number of nitrogens with zero attached hydrogens (tertiary/aromatic N) is 3. The number of para-hydroxylation sites is 1. The molecule has 3 aliphatic heterocycles. The number of carbonyl (C=O) groups is 2. The summed E-state index contributed by atoms with van der Waals surface area (Å²) in [5, 5.41) is 0. The first-order valence-corrected chi connectivity index (χ1v) is 11.0. The largest absolute Gasteiger partial charge is 0.364 e. The molecule has 156 valence electrons. The monoisotopic (exact) mass is 403 g/mol. The molecule has 5 nitrogen and oxygen atoms in total. The molecule has 3 saturated heterocycles. The van der Waals surface area contributed by atoms with Gasteiger partial charge in [0.05, 0.1) is 17.4 Å². The van der Waals surface area contributed by atoms with Crippen molar-refractivity contribution in [1.29, 1.82) is 0 Å². The number of fused-ring (bicyclic) bond motifs is 2. The highest BCUT2D eigenvalue weighted by Crippen LogP contribution is 2.51. The zero-order chi connectivity index (χ0) is 20.9. The van der Waals surface area contributed by atoms with Gasteiger partial charge in [-0.25, -0.2) is 0 Å². The van der Waals surface area contributed by atoms with E-state index in [-0.39, 0.29) is 29.2 Å². The Morgan fingerprint density at radius 1 is 0.900 bits per heavy atom. The van der Waals surface area contributed by atoms with Crippen LogP contribution >= 0.6 is 0 Å². The van der Waals surface area contributed by atoms with Gasteiger partial charge in [-0.15, -0.1) is 0 Å². The maximum atomic E-state index is 13.1. The molecular formula is C25H29N3O2. The van der Waals surface area contributed by atoms with Gasteiger partial charge in [0, 0.05) is 38.4 Å². The Morgan fingerprint density at radius 2 is 1.50 bits per heavy atom. The average molecular weight is 404 g/mol. The standard InChI is InChI=1S/C25H29N3O2/c1-18(19-9-5-3-6-10-19)27-15-13-25(14-16-27)22-21(23(29)26(2)24(22)30)17-28(25)20-11-7-4-8-12-20/h3-12,18,21-22H,13-17H2,1-2H3/t18-,21-,22+/m1/s1. The van der Waals surface area contributed by atoms with Crippen molar-refractivity contribution in [2.75, 3.05) is 31.6 Å². The van der Waals surface area contributed by atoms with Crippen LogP contribution in [0.15, 0.2) is 60.7 Å². The zero-order valence-electron chi connectivity index (χ0n) is 17.7. The fourth-order valence-corrected chi connectivity index (χ4v) is 6.01. The van der Waals surface area contributed by atoms with E-state index in [1.807, 2.05) is 18.2 Å². The molecule has 0 N–H and O–H groups in total. The fraction of sp³-hybridized carbons (Fsp3) is 0.440. The van der Waals surface area contributed by atoms with E-state index in [1.54, 1.807) is 7.05 Å². The molecule has 30 heavy (non-hydrogen) atoms. The zero-order valence-corrected chi connectivity index (χ0v) is 17.7. The summed E-state index contributed by atoms with van der Waals surface area (Å²) in [5.41, 5.74) is 2.17. The first-order chi connectivity index (χ1) is 14.5. The number of likely N-dealkylation sites (tertiary alicyclic amines) is 2. The van der Waals surface area contributed by atoms with Crippen LogP contribution in [-0.4, -0.2) is 53.8 Å². The van der Waals surface area contributed by atoms with Crippen molar-refractivity contribution >= 4 is 17.5 Å². The molecule has 3 heterocycles. The highest BCUT2D eigenvalue weighted by molar-refractivity contribution is 6.07. The molecular weight excluding hydrogens is 374 g/mol. The maximum absolute atomic E-state index is 13.1. The minimum atomic E-state index is -0.281. The number of hydrogen-bond acceptors (Lipinski definition) is 4. The second-order valence-electron chi connectivity index (χ2n) is 8.99. The van der Waals surface area contributed by atoms with Crippen LogP contribution in [0.5, 0.6) is 0 Å². The highest BCUT2D eigenvalue weighted by atomic mass is 16.2. The Kier molecular flexibility index (Phi) is 4.66. The number of benzene rings is 2. The van der Waals surface area contributed by atoms with Crippen molar-refractivity contribution in [1.82, 2.24) is 9.80 Å². The molecule has 3 atom stereocenters. The lowest BCUT2D eigenvalue weighted by molar-refractivity contribution is -0.139. The molecule has 2 aromatic carbocycles. The minimum absolute atomic E-state index is 0.00740. The molecule has 2 amide bonds. The van der Waals surface area contributed by atoms with E-state index in [1.165, 1.54) is 10.5 Å². The summed E-state index contributed by atoms with van der Waals surface area (Å²) in [7, 11) is 1.65. The Labute approximate surface area is 178 Å². The molecule has 5 rings (SSSR count). The number of piperidine rings is 1. The number of imide groups is 1. The van der Waals surface area contributed by atoms with Crippen LogP contribution in [0, 0.1) is 11.8 Å². The van der Waals surface area contributed by atoms with Crippen molar-refractivity contribution in [3.63, 3.8) is 0 Å². The molecule has 3 fully saturated rings. The third kappa shape index (κ3) is 2.79. The third-order valence-corrected chi connectivity index (χ3v) is 7.70. The molecule has 0 aliphatic carbocycles. The lowest BCUT2D eigenvalue weighted by atomic mass is 9.74. The summed E-state index contributed by atoms with van der Waals surface area (Å²) in [6.07, 6.45) is 1.79. The summed E-state index contributed by atoms with van der Waals surface area (Å²) >= 11 is 0. The maximum Gasteiger partial charge on any atom is 0.235 e. The smallest absolute Gasteiger partial charge is 0.235 e. The Balaban J connectivity index is 1.45. The van der Waals surface area contributed by atoms with Gasteiger partial charge < -0.3 is 4.90 Å². The average Bonchev–Trinajstić information content (AvgIpc) is 3.23. The minimum Gasteiger partial charge on any atom is -0.364 e. The van der Waals surface area contributed by atoms with E-state index in [0.717, 1.165) is 31.6 Å². The van der Waals surface area contributed by atoms with Crippen molar-refractivity contribution in [3.8, 4) is 0 Å². The quantitative estimate of drug-likeness (QED) is 0.738. The van der Waals surface area contributed by atoms with Crippen molar-refractivity contribution in [3.05, 3.63) is 66.2 Å². The molecule has 3 aliphatic rings. The van der Waals surface area contributed by atoms with E-state index < -0.39 is 0 Å². The normalized spacial score (nSPS) is 27.0. The SMILES string of the molecule is C[C@H](c1ccccc1)N1CCC2(CC1)[C@@H]1C(=O)N(C)C(=O)[C@@H]1CN2c1ccccc1. The summed E-state index contributed by atoms with van der Waals surface area (Å²) in [6.45, 7) is 4.75. The number of amides is 2. The summed E-state index contributed by atoms with van der Waals surface area (Å²) in [5.74, 6) is -0.457. The lowest BCUT2D eigenvalue weighted by Crippen LogP contribution is -2.57. The van der Waals surface area contributed by atoms with E-state index in [0.29, 0.717) is 12.6 Å². The predicted octanol–water partition coefficient (Wildman–Crippen LogP) is 3.33. The van der Waals surface area contributed by atoms with Crippen molar-refractivity contribution < 1.29 is 9.59 Å². The van der Waals surface area contributed by atoms with Crippen LogP contribution in [-0.2, 0) is 9.59 Å². The molecule has 0 saturated carbocycles. The highest BCUT2D eigenvalue weighted by Gasteiger charge is 2.64. The van der Waals surface area contributed by atoms with Gasteiger partial charge in [0.1, 0.15) is 0 Å². The van der Waals surface area contributed by atoms with Crippen LogP contribution in [0.25, 0.3) is 0 Å². The number of carbonyl (C=O) groups excluding carboxylic acids is 2. The summed E-state index contributed by atoms with van der Waals surface area (Å²) in [6, 6.07) is 21.3. The van der Waals surface area contributed by atoms with Gasteiger partial charge in [0.2, 0.25) is 11.8 Å². The van der Waals surface area contributed by atoms with Crippen molar-refractivity contribution in [2.45, 2.75) is 31.3 Å². The van der Waals surface area contributed by atoms with E-state index in [9.17, 15) is 9.59 Å². The van der Waals surface area contributed by atoms with Gasteiger partial charge in [-0.1, -0.05) is 48.5 Å². The van der Waals surface area contributed by atoms with Gasteiger partial charge in [-0.05, 0) is 37.5 Å². The van der Waals surface area contributed by atoms with Crippen LogP contribution in [0.4, 0.5) is 5.69 Å². The molecule has 0 bridgehead atoms. The van der Waals surface area contributed by atoms with Gasteiger partial charge in [-0.2, -0.15) is 0 Å². The van der Waals surface area contributed by atoms with Gasteiger partial charge in [-0.3, -0.25) is 19.4 Å². The lowest BCUT2D eigenvalue weighted by Gasteiger charge is -2.49. The molecule has 1 spiro atoms. The van der Waals surface area contributed by atoms with Gasteiger partial charge in [0.15, 0.2) is 0 Å². The Bertz CT molecular complexity index is 937. The Morgan fingerprint density at radius 3 is 2.13 bits per heavy atom. The second-order valence-corrected chi connectivity index (χ2v) is 8.99. The summed E-state index contributed by atoms with van der Waals surface area (Å²) in [4.78, 5) is 32.2. The van der Waals surface area contributed by atoms with Crippen LogP contribution < -0.4 is 4.90 Å². The molecule has 0 radical (unpaired) electrons. The molecule has 5 heteroatoms. The predicted molar refractivity (Wildman–Crippen MR) is 117 cm³/mol. The van der Waals surface area contributed by atoms with Gasteiger partial charge >= 0.3 is 0 Å². The number of anilines is 1. The summed E-state index contributed by atoms with van der Waals surface area (Å²) < 4.78 is 0. The molecule has 0 aromatic heterocycles. The van der Waals surface area contributed by atoms with Crippen LogP contribution in [0.3, 0.4) is 0 Å². The topological polar surface area (TPSA) is 43.9 Å². The van der Waals surface area contributed by atoms with Gasteiger partial charge in [0.25, 0.3) is 0 Å². The van der Waals surface area contributed by atoms with Crippen LogP contribution in [0.2, 0.25) is 0 Å². The van der Waals surface area contributed by atoms with E-state index >= 15 is 0 Å². The third-order valence-electron chi connectivity index (χ3n) is 7.70. The number of hydrogen-bond donors (Lipinski definition) is 0. The van der Waals surface area contributed by atoms with Crippen LogP contribution in [0.1, 0.15) is 31.4 Å².